The minimum atomic E-state index is -0.229. The topological polar surface area (TPSA) is 78.0 Å². The monoisotopic (exact) mass is 431 g/mol. The van der Waals surface area contributed by atoms with Gasteiger partial charge in [-0.3, -0.25) is 4.68 Å². The molecule has 7 heteroatoms. The maximum absolute atomic E-state index is 6.41. The Morgan fingerprint density at radius 1 is 1.10 bits per heavy atom. The zero-order valence-electron chi connectivity index (χ0n) is 16.8. The summed E-state index contributed by atoms with van der Waals surface area (Å²) in [6.45, 7) is 1.27. The van der Waals surface area contributed by atoms with E-state index in [2.05, 4.69) is 15.4 Å². The Hall–Kier alpha value is -3.35. The normalized spacial score (nSPS) is 16.1. The number of fused-ring (bicyclic) bond motifs is 1. The number of nitrogens with zero attached hydrogens (tertiary/aromatic N) is 3. The maximum Gasteiger partial charge on any atom is 0.237 e. The summed E-state index contributed by atoms with van der Waals surface area (Å²) in [7, 11) is 0. The average molecular weight is 432 g/mol. The van der Waals surface area contributed by atoms with Crippen molar-refractivity contribution >= 4 is 17.3 Å². The molecular formula is C24H22ClN5O. The predicted octanol–water partition coefficient (Wildman–Crippen LogP) is 4.52. The quantitative estimate of drug-likeness (QED) is 0.485. The lowest BCUT2D eigenvalue weighted by atomic mass is 10.0. The summed E-state index contributed by atoms with van der Waals surface area (Å²) >= 11 is 6.08. The lowest BCUT2D eigenvalue weighted by molar-refractivity contribution is 0.168. The molecule has 2 atom stereocenters. The highest BCUT2D eigenvalue weighted by molar-refractivity contribution is 6.30. The highest BCUT2D eigenvalue weighted by Crippen LogP contribution is 2.33. The van der Waals surface area contributed by atoms with Crippen LogP contribution in [0.5, 0.6) is 5.88 Å². The standard InChI is InChI=1S/C24H22ClN5O/c25-20-8-4-5-16(9-20)14-30-15-19(12-29-30)18-10-21-24(28-11-18)31-22(13-27-21)23(26)17-6-2-1-3-7-17/h1-12,15,22-23,27H,13-14,26H2/t22-,23+/m0/s1. The molecule has 4 aromatic rings. The molecule has 2 aromatic heterocycles. The summed E-state index contributed by atoms with van der Waals surface area (Å²) < 4.78 is 7.99. The number of anilines is 1. The van der Waals surface area contributed by atoms with Crippen molar-refractivity contribution in [3.05, 3.63) is 95.4 Å². The van der Waals surface area contributed by atoms with Crippen LogP contribution in [0.4, 0.5) is 5.69 Å². The van der Waals surface area contributed by atoms with Gasteiger partial charge < -0.3 is 15.8 Å². The van der Waals surface area contributed by atoms with Crippen LogP contribution in [0.3, 0.4) is 0 Å². The Kier molecular flexibility index (Phi) is 5.32. The van der Waals surface area contributed by atoms with E-state index in [0.29, 0.717) is 19.0 Å². The molecule has 6 nitrogen and oxygen atoms in total. The molecule has 0 fully saturated rings. The van der Waals surface area contributed by atoms with Crippen molar-refractivity contribution in [3.63, 3.8) is 0 Å². The van der Waals surface area contributed by atoms with E-state index in [-0.39, 0.29) is 12.1 Å². The number of hydrogen-bond acceptors (Lipinski definition) is 5. The summed E-state index contributed by atoms with van der Waals surface area (Å²) in [4.78, 5) is 4.53. The molecule has 156 valence electrons. The van der Waals surface area contributed by atoms with Crippen LogP contribution in [0, 0.1) is 0 Å². The van der Waals surface area contributed by atoms with E-state index in [1.807, 2.05) is 77.7 Å². The number of rotatable bonds is 5. The van der Waals surface area contributed by atoms with Gasteiger partial charge in [-0.05, 0) is 29.3 Å². The van der Waals surface area contributed by atoms with Crippen LogP contribution >= 0.6 is 11.6 Å². The molecule has 3 heterocycles. The van der Waals surface area contributed by atoms with Crippen LogP contribution in [-0.4, -0.2) is 27.4 Å². The summed E-state index contributed by atoms with van der Waals surface area (Å²) in [5, 5.41) is 8.62. The molecule has 0 unspecified atom stereocenters. The number of halogens is 1. The van der Waals surface area contributed by atoms with E-state index in [9.17, 15) is 0 Å². The van der Waals surface area contributed by atoms with Crippen LogP contribution in [0.15, 0.2) is 79.3 Å². The second-order valence-corrected chi connectivity index (χ2v) is 8.04. The zero-order chi connectivity index (χ0) is 21.2. The Morgan fingerprint density at radius 3 is 2.81 bits per heavy atom. The summed E-state index contributed by atoms with van der Waals surface area (Å²) in [5.74, 6) is 0.567. The van der Waals surface area contributed by atoms with E-state index >= 15 is 0 Å². The first kappa shape index (κ1) is 19.6. The van der Waals surface area contributed by atoms with Crippen LogP contribution < -0.4 is 15.8 Å². The van der Waals surface area contributed by atoms with Gasteiger partial charge in [0, 0.05) is 28.5 Å². The Morgan fingerprint density at radius 2 is 1.97 bits per heavy atom. The Bertz CT molecular complexity index is 1190. The number of nitrogens with two attached hydrogens (primary N) is 1. The molecule has 1 aliphatic rings. The van der Waals surface area contributed by atoms with Crippen LogP contribution in [0.2, 0.25) is 5.02 Å². The van der Waals surface area contributed by atoms with E-state index in [4.69, 9.17) is 22.1 Å². The van der Waals surface area contributed by atoms with E-state index in [1.54, 1.807) is 6.20 Å². The molecule has 0 aliphatic carbocycles. The number of hydrogen-bond donors (Lipinski definition) is 2. The molecule has 0 spiro atoms. The molecule has 0 radical (unpaired) electrons. The molecule has 0 bridgehead atoms. The van der Waals surface area contributed by atoms with Gasteiger partial charge in [0.15, 0.2) is 0 Å². The average Bonchev–Trinajstić information content (AvgIpc) is 3.27. The molecule has 0 saturated heterocycles. The minimum Gasteiger partial charge on any atom is -0.469 e. The SMILES string of the molecule is N[C@H](c1ccccc1)[C@@H]1CNc2cc(-c3cnn(Cc4cccc(Cl)c4)c3)cnc2O1. The van der Waals surface area contributed by atoms with Gasteiger partial charge in [-0.25, -0.2) is 4.98 Å². The Labute approximate surface area is 185 Å². The third kappa shape index (κ3) is 4.26. The maximum atomic E-state index is 6.41. The minimum absolute atomic E-state index is 0.186. The van der Waals surface area contributed by atoms with E-state index in [1.165, 1.54) is 0 Å². The van der Waals surface area contributed by atoms with Crippen molar-refractivity contribution in [1.29, 1.82) is 0 Å². The van der Waals surface area contributed by atoms with Crippen LogP contribution in [-0.2, 0) is 6.54 Å². The number of aromatic nitrogens is 3. The molecule has 31 heavy (non-hydrogen) atoms. The van der Waals surface area contributed by atoms with E-state index in [0.717, 1.165) is 33.0 Å². The fourth-order valence-corrected chi connectivity index (χ4v) is 3.95. The van der Waals surface area contributed by atoms with Crippen LogP contribution in [0.1, 0.15) is 17.2 Å². The van der Waals surface area contributed by atoms with Crippen molar-refractivity contribution in [2.75, 3.05) is 11.9 Å². The number of ether oxygens (including phenoxy) is 1. The van der Waals surface area contributed by atoms with E-state index < -0.39 is 0 Å². The first-order valence-electron chi connectivity index (χ1n) is 10.1. The molecule has 2 aromatic carbocycles. The second-order valence-electron chi connectivity index (χ2n) is 7.61. The van der Waals surface area contributed by atoms with Gasteiger partial charge in [0.1, 0.15) is 6.10 Å². The smallest absolute Gasteiger partial charge is 0.237 e. The molecule has 5 rings (SSSR count). The third-order valence-electron chi connectivity index (χ3n) is 5.39. The van der Waals surface area contributed by atoms with Crippen LogP contribution in [0.25, 0.3) is 11.1 Å². The number of benzene rings is 2. The fraction of sp³-hybridized carbons (Fsp3) is 0.167. The molecule has 3 N–H and O–H groups in total. The number of pyridine rings is 1. The van der Waals surface area contributed by atoms with Crippen molar-refractivity contribution < 1.29 is 4.74 Å². The Balaban J connectivity index is 1.31. The third-order valence-corrected chi connectivity index (χ3v) is 5.63. The largest absolute Gasteiger partial charge is 0.469 e. The van der Waals surface area contributed by atoms with Crippen molar-refractivity contribution in [3.8, 4) is 17.0 Å². The summed E-state index contributed by atoms with van der Waals surface area (Å²) in [6, 6.07) is 19.6. The van der Waals surface area contributed by atoms with Crippen molar-refractivity contribution in [1.82, 2.24) is 14.8 Å². The van der Waals surface area contributed by atoms with Gasteiger partial charge in [0.05, 0.1) is 31.0 Å². The van der Waals surface area contributed by atoms with Crippen molar-refractivity contribution in [2.24, 2.45) is 5.73 Å². The van der Waals surface area contributed by atoms with Crippen molar-refractivity contribution in [2.45, 2.75) is 18.7 Å². The lowest BCUT2D eigenvalue weighted by Gasteiger charge is -2.30. The van der Waals surface area contributed by atoms with Gasteiger partial charge in [-0.15, -0.1) is 0 Å². The fourth-order valence-electron chi connectivity index (χ4n) is 3.74. The summed E-state index contributed by atoms with van der Waals surface area (Å²) in [6.07, 6.45) is 5.46. The summed E-state index contributed by atoms with van der Waals surface area (Å²) in [5.41, 5.74) is 11.4. The zero-order valence-corrected chi connectivity index (χ0v) is 17.5. The lowest BCUT2D eigenvalue weighted by Crippen LogP contribution is -2.40. The highest BCUT2D eigenvalue weighted by atomic mass is 35.5. The predicted molar refractivity (Wildman–Crippen MR) is 122 cm³/mol. The number of nitrogens with one attached hydrogen (secondary N) is 1. The molecule has 0 saturated carbocycles. The first-order chi connectivity index (χ1) is 15.2. The molecule has 0 amide bonds. The van der Waals surface area contributed by atoms with Gasteiger partial charge in [0.2, 0.25) is 5.88 Å². The van der Waals surface area contributed by atoms with Gasteiger partial charge in [-0.1, -0.05) is 54.1 Å². The second kappa shape index (κ2) is 8.41. The first-order valence-corrected chi connectivity index (χ1v) is 10.5. The molecule has 1 aliphatic heterocycles. The van der Waals surface area contributed by atoms with Gasteiger partial charge in [0.25, 0.3) is 0 Å². The highest BCUT2D eigenvalue weighted by Gasteiger charge is 2.27. The molecular weight excluding hydrogens is 410 g/mol. The van der Waals surface area contributed by atoms with Gasteiger partial charge >= 0.3 is 0 Å². The van der Waals surface area contributed by atoms with Gasteiger partial charge in [-0.2, -0.15) is 5.10 Å².